The van der Waals surface area contributed by atoms with Gasteiger partial charge in [-0.3, -0.25) is 10.1 Å². The Kier molecular flexibility index (Phi) is 5.31. The zero-order valence-corrected chi connectivity index (χ0v) is 11.9. The Morgan fingerprint density at radius 3 is 2.45 bits per heavy atom. The monoisotopic (exact) mass is 282 g/mol. The molecule has 0 saturated heterocycles. The summed E-state index contributed by atoms with van der Waals surface area (Å²) in [4.78, 5) is 21.7. The number of anilines is 1. The normalized spacial score (nSPS) is 11.8. The molecule has 1 rings (SSSR count). The molecule has 0 radical (unpaired) electrons. The molecule has 1 N–H and O–H groups in total. The van der Waals surface area contributed by atoms with Crippen LogP contribution in [0.4, 0.5) is 11.4 Å². The number of carbonyl (C=O) groups is 1. The minimum Gasteiger partial charge on any atom is -0.491 e. The van der Waals surface area contributed by atoms with Gasteiger partial charge in [-0.05, 0) is 20.8 Å². The van der Waals surface area contributed by atoms with Crippen LogP contribution in [-0.4, -0.2) is 30.1 Å². The summed E-state index contributed by atoms with van der Waals surface area (Å²) in [5, 5.41) is 13.7. The smallest absolute Gasteiger partial charge is 0.327 e. The van der Waals surface area contributed by atoms with Crippen molar-refractivity contribution < 1.29 is 19.2 Å². The van der Waals surface area contributed by atoms with Gasteiger partial charge < -0.3 is 14.8 Å². The molecule has 0 fully saturated rings. The van der Waals surface area contributed by atoms with Crippen LogP contribution < -0.4 is 10.1 Å². The summed E-state index contributed by atoms with van der Waals surface area (Å²) >= 11 is 0. The number of esters is 1. The van der Waals surface area contributed by atoms with Gasteiger partial charge in [-0.15, -0.1) is 0 Å². The van der Waals surface area contributed by atoms with E-state index >= 15 is 0 Å². The predicted molar refractivity (Wildman–Crippen MR) is 74.0 cm³/mol. The highest BCUT2D eigenvalue weighted by Crippen LogP contribution is 2.27. The maximum absolute atomic E-state index is 11.3. The molecule has 0 aliphatic heterocycles. The Morgan fingerprint density at radius 2 is 1.95 bits per heavy atom. The van der Waals surface area contributed by atoms with E-state index in [1.54, 1.807) is 13.0 Å². The Hall–Kier alpha value is -2.31. The minimum absolute atomic E-state index is 0.108. The lowest BCUT2D eigenvalue weighted by Gasteiger charge is -2.15. The summed E-state index contributed by atoms with van der Waals surface area (Å²) in [7, 11) is 1.28. The third kappa shape index (κ3) is 4.42. The molecule has 0 heterocycles. The molecule has 0 amide bonds. The number of nitro benzene ring substituents is 1. The lowest BCUT2D eigenvalue weighted by Crippen LogP contribution is -2.27. The minimum atomic E-state index is -0.617. The van der Waals surface area contributed by atoms with Gasteiger partial charge >= 0.3 is 5.97 Å². The van der Waals surface area contributed by atoms with Gasteiger partial charge in [-0.25, -0.2) is 4.79 Å². The maximum Gasteiger partial charge on any atom is 0.327 e. The van der Waals surface area contributed by atoms with E-state index in [0.29, 0.717) is 11.4 Å². The second-order valence-corrected chi connectivity index (χ2v) is 4.53. The second-order valence-electron chi connectivity index (χ2n) is 4.53. The SMILES string of the molecule is COC(=O)C(C)Nc1cc(OC(C)C)cc([N+](=O)[O-])c1. The van der Waals surface area contributed by atoms with Crippen LogP contribution in [0.25, 0.3) is 0 Å². The van der Waals surface area contributed by atoms with E-state index in [1.807, 2.05) is 13.8 Å². The van der Waals surface area contributed by atoms with Crippen LogP contribution in [0.3, 0.4) is 0 Å². The highest BCUT2D eigenvalue weighted by molar-refractivity contribution is 5.79. The number of methoxy groups -OCH3 is 1. The van der Waals surface area contributed by atoms with Crippen molar-refractivity contribution in [1.82, 2.24) is 0 Å². The Labute approximate surface area is 117 Å². The van der Waals surface area contributed by atoms with Crippen molar-refractivity contribution in [3.05, 3.63) is 28.3 Å². The van der Waals surface area contributed by atoms with Crippen molar-refractivity contribution in [1.29, 1.82) is 0 Å². The summed E-state index contributed by atoms with van der Waals surface area (Å²) in [6.07, 6.45) is -0.108. The average Bonchev–Trinajstić information content (AvgIpc) is 2.36. The van der Waals surface area contributed by atoms with Crippen molar-refractivity contribution >= 4 is 17.3 Å². The van der Waals surface area contributed by atoms with Crippen molar-refractivity contribution in [3.63, 3.8) is 0 Å². The average molecular weight is 282 g/mol. The van der Waals surface area contributed by atoms with E-state index in [-0.39, 0.29) is 11.8 Å². The zero-order chi connectivity index (χ0) is 15.3. The number of rotatable bonds is 6. The highest BCUT2D eigenvalue weighted by Gasteiger charge is 2.16. The fraction of sp³-hybridized carbons (Fsp3) is 0.462. The first-order valence-electron chi connectivity index (χ1n) is 6.14. The zero-order valence-electron chi connectivity index (χ0n) is 11.9. The van der Waals surface area contributed by atoms with E-state index < -0.39 is 16.9 Å². The van der Waals surface area contributed by atoms with Gasteiger partial charge in [0.2, 0.25) is 0 Å². The highest BCUT2D eigenvalue weighted by atomic mass is 16.6. The summed E-state index contributed by atoms with van der Waals surface area (Å²) in [6, 6.07) is 3.67. The molecule has 0 aliphatic carbocycles. The second kappa shape index (κ2) is 6.74. The van der Waals surface area contributed by atoms with Crippen molar-refractivity contribution in [3.8, 4) is 5.75 Å². The summed E-state index contributed by atoms with van der Waals surface area (Å²) in [5.74, 6) is -0.0865. The van der Waals surface area contributed by atoms with Crippen LogP contribution in [0.1, 0.15) is 20.8 Å². The van der Waals surface area contributed by atoms with Crippen molar-refractivity contribution in [2.24, 2.45) is 0 Å². The van der Waals surface area contributed by atoms with Gasteiger partial charge in [0.05, 0.1) is 24.2 Å². The Balaban J connectivity index is 3.02. The molecule has 7 nitrogen and oxygen atoms in total. The van der Waals surface area contributed by atoms with E-state index in [2.05, 4.69) is 10.1 Å². The maximum atomic E-state index is 11.3. The van der Waals surface area contributed by atoms with Crippen LogP contribution in [-0.2, 0) is 9.53 Å². The first-order valence-corrected chi connectivity index (χ1v) is 6.14. The Morgan fingerprint density at radius 1 is 1.30 bits per heavy atom. The summed E-state index contributed by atoms with van der Waals surface area (Å²) in [6.45, 7) is 5.25. The fourth-order valence-corrected chi connectivity index (χ4v) is 1.60. The Bertz CT molecular complexity index is 502. The molecule has 1 aromatic rings. The molecule has 7 heteroatoms. The molecule has 20 heavy (non-hydrogen) atoms. The van der Waals surface area contributed by atoms with E-state index in [9.17, 15) is 14.9 Å². The quantitative estimate of drug-likeness (QED) is 0.489. The molecule has 1 unspecified atom stereocenters. The van der Waals surface area contributed by atoms with E-state index in [4.69, 9.17) is 4.74 Å². The fourth-order valence-electron chi connectivity index (χ4n) is 1.60. The van der Waals surface area contributed by atoms with Gasteiger partial charge in [0.1, 0.15) is 11.8 Å². The van der Waals surface area contributed by atoms with E-state index in [0.717, 1.165) is 0 Å². The van der Waals surface area contributed by atoms with Crippen LogP contribution in [0.5, 0.6) is 5.75 Å². The molecule has 0 aliphatic rings. The number of benzene rings is 1. The van der Waals surface area contributed by atoms with Gasteiger partial charge in [-0.1, -0.05) is 0 Å². The lowest BCUT2D eigenvalue weighted by atomic mass is 10.2. The number of non-ortho nitro benzene ring substituents is 1. The van der Waals surface area contributed by atoms with Gasteiger partial charge in [0.25, 0.3) is 5.69 Å². The van der Waals surface area contributed by atoms with Gasteiger partial charge in [0.15, 0.2) is 0 Å². The number of nitro groups is 1. The van der Waals surface area contributed by atoms with Gasteiger partial charge in [-0.2, -0.15) is 0 Å². The van der Waals surface area contributed by atoms with E-state index in [1.165, 1.54) is 19.2 Å². The third-order valence-electron chi connectivity index (χ3n) is 2.41. The summed E-state index contributed by atoms with van der Waals surface area (Å²) in [5.41, 5.74) is 0.315. The number of ether oxygens (including phenoxy) is 2. The first-order chi connectivity index (χ1) is 9.33. The number of hydrogen-bond donors (Lipinski definition) is 1. The number of nitrogens with one attached hydrogen (secondary N) is 1. The molecule has 0 spiro atoms. The van der Waals surface area contributed by atoms with Crippen LogP contribution in [0, 0.1) is 10.1 Å². The number of carbonyl (C=O) groups excluding carboxylic acids is 1. The molecular weight excluding hydrogens is 264 g/mol. The molecular formula is C13H18N2O5. The lowest BCUT2D eigenvalue weighted by molar-refractivity contribution is -0.384. The molecule has 0 aromatic heterocycles. The van der Waals surface area contributed by atoms with Crippen molar-refractivity contribution in [2.45, 2.75) is 32.9 Å². The predicted octanol–water partition coefficient (Wildman–Crippen LogP) is 2.36. The topological polar surface area (TPSA) is 90.7 Å². The standard InChI is InChI=1S/C13H18N2O5/c1-8(2)20-12-6-10(5-11(7-12)15(17)18)14-9(3)13(16)19-4/h5-9,14H,1-4H3. The van der Waals surface area contributed by atoms with Crippen LogP contribution >= 0.6 is 0 Å². The van der Waals surface area contributed by atoms with Crippen molar-refractivity contribution in [2.75, 3.05) is 12.4 Å². The summed E-state index contributed by atoms with van der Waals surface area (Å²) < 4.78 is 10.0. The van der Waals surface area contributed by atoms with Gasteiger partial charge in [0, 0.05) is 17.8 Å². The molecule has 0 saturated carbocycles. The number of hydrogen-bond acceptors (Lipinski definition) is 6. The molecule has 1 atom stereocenters. The first kappa shape index (κ1) is 15.7. The third-order valence-corrected chi connectivity index (χ3v) is 2.41. The molecule has 0 bridgehead atoms. The number of nitrogens with zero attached hydrogens (tertiary/aromatic N) is 1. The van der Waals surface area contributed by atoms with Crippen LogP contribution in [0.2, 0.25) is 0 Å². The van der Waals surface area contributed by atoms with Crippen LogP contribution in [0.15, 0.2) is 18.2 Å². The molecule has 110 valence electrons. The largest absolute Gasteiger partial charge is 0.491 e. The molecule has 1 aromatic carbocycles.